The van der Waals surface area contributed by atoms with Gasteiger partial charge in [-0.1, -0.05) is 73.4 Å². The minimum atomic E-state index is -7.13. The number of fused-ring (bicyclic) bond motifs is 1. The lowest BCUT2D eigenvalue weighted by molar-refractivity contribution is -0.388. The first-order valence-corrected chi connectivity index (χ1v) is 58.8. The first-order valence-electron chi connectivity index (χ1n) is 37.0. The lowest BCUT2D eigenvalue weighted by atomic mass is 9.95. The predicted molar refractivity (Wildman–Crippen MR) is 428 cm³/mol. The molecule has 0 bridgehead atoms. The summed E-state index contributed by atoms with van der Waals surface area (Å²) < 4.78 is 697. The molecule has 77 nitrogen and oxygen atoms in total. The van der Waals surface area contributed by atoms with Crippen molar-refractivity contribution in [3.05, 3.63) is 48.7 Å². The van der Waals surface area contributed by atoms with Gasteiger partial charge in [0.2, 0.25) is 0 Å². The summed E-state index contributed by atoms with van der Waals surface area (Å²) in [6.07, 6.45) is -92.8. The van der Waals surface area contributed by atoms with E-state index in [1.54, 1.807) is 24.4 Å². The third-order valence-electron chi connectivity index (χ3n) is 18.3. The molecule has 0 radical (unpaired) electrons. The van der Waals surface area contributed by atoms with Crippen LogP contribution in [-0.4, -0.2) is 416 Å². The highest BCUT2D eigenvalue weighted by Crippen LogP contribution is 2.44. The molecule has 6 heterocycles. The normalized spacial score (nSPS) is 29.9. The van der Waals surface area contributed by atoms with Gasteiger partial charge >= 0.3 is 166 Å². The van der Waals surface area contributed by atoms with E-state index in [0.717, 1.165) is 16.3 Å². The molecule has 5 aliphatic heterocycles. The first-order chi connectivity index (χ1) is 64.8. The van der Waals surface area contributed by atoms with E-state index in [-0.39, 0.29) is 25.8 Å². The standard InChI is InChI=1S/C50H75N3O74S16/c54-128(55,56)103-17-26-31(117-133(69,70)71)36(113-48-43(125-141(93,94)95)37(32(118-134(72,73)74)27(110-48)18-104-129(57,58)59)115-50-45(127-143(99,100)101)40(123-139(87,88)89)35(121-137(81,82)83)30(112-50)21-107-132(66,67)68)42(124-140(90,91)92)47(109-26)114-38-33(119-135(75,76)77)28(19-105-130(60,61)62)111-49(44(38)126-142(96,97)98)116-41-39(122-138(84,85)86)34(120-136(78,79)80)29(20-106-131(63,64)65)108-46(41)102-15-8-4-2-1-3-7-14-53-16-25(51-52-53)24-13-9-11-22-10-5-6-12-23(22)24/h5-6,9-13,16,26-50H,1-4,7-8,14-15,17-21H2,(H,54,55,56)(H,57,58,59)(H,60,61,62)(H,63,64,65)(H,66,67,68)(H,69,70,71)(H,72,73,74)(H,75,76,77)(H,78,79,80)(H,81,82,83)(H,84,85,86)(H,87,88,89)(H,90,91,92)(H,93,94,95)(H,96,97,98)(H,99,100,101)/t26-,27-,28-,29-,30-,31-,32-,33-,34-,35-,36+,37+,38+,39+,40+,41+,42+,43+,44+,45+,46+,47-,48-,49-,50-/m1/s1. The molecular formula is C50H75N3O74S16. The van der Waals surface area contributed by atoms with Crippen molar-refractivity contribution in [2.24, 2.45) is 0 Å². The minimum Gasteiger partial charge on any atom is -0.350 e. The highest BCUT2D eigenvalue weighted by molar-refractivity contribution is 7.84. The average Bonchev–Trinajstić information content (AvgIpc) is 1.27. The molecule has 3 aromatic rings. The summed E-state index contributed by atoms with van der Waals surface area (Å²) in [6.45, 7) is -12.6. The SMILES string of the molecule is O=S(=O)(O)OC[C@H]1O[C@H](OCCCCCCCCn2cc(-c3cccc4ccccc34)nn2)[C@@H](O[C@H]2O[C@H](COS(=O)(=O)O)[C@@H](OS(=O)(=O)O)[C@H](O[C@H]3O[C@H](COS(=O)(=O)O)[C@@H](OS(=O)(=O)O)[C@H](O[C@H]4O[C@H](COS(=O)(=O)O)[C@@H](OS(=O)(=O)O)[C@H](O[C@H]5O[C@H](COS(=O)(=O)O)[C@@H](OS(=O)(=O)O)[C@H](OS(=O)(=O)O)[C@@H]5OS(=O)(=O)O)[C@@H]4OS(=O)(=O)O)[C@@H]3OS(=O)(=O)O)[C@@H]2OS(=O)(=O)O)[C@@H](OS(=O)(=O)O)[C@@H]1OS(=O)(=O)O. The van der Waals surface area contributed by atoms with Gasteiger partial charge in [-0.05, 0) is 23.6 Å². The van der Waals surface area contributed by atoms with Gasteiger partial charge in [0.15, 0.2) is 55.9 Å². The van der Waals surface area contributed by atoms with Gasteiger partial charge in [0.25, 0.3) is 0 Å². The number of rotatable bonds is 56. The second-order valence-electron chi connectivity index (χ2n) is 28.4. The Bertz CT molecular complexity index is 6900. The van der Waals surface area contributed by atoms with Gasteiger partial charge in [-0.2, -0.15) is 135 Å². The summed E-state index contributed by atoms with van der Waals surface area (Å²) >= 11 is 0. The number of benzene rings is 2. The van der Waals surface area contributed by atoms with Crippen molar-refractivity contribution in [1.29, 1.82) is 0 Å². The van der Waals surface area contributed by atoms with Gasteiger partial charge in [-0.25, -0.2) is 66.9 Å². The maximum atomic E-state index is 13.5. The number of aryl methyl sites for hydroxylation is 1. The molecular weight excluding hydrogens is 2340 g/mol. The molecule has 0 spiro atoms. The molecule has 5 saturated heterocycles. The lowest BCUT2D eigenvalue weighted by Gasteiger charge is -2.51. The molecule has 5 fully saturated rings. The van der Waals surface area contributed by atoms with Gasteiger partial charge in [-0.15, -0.1) is 5.10 Å². The van der Waals surface area contributed by atoms with Crippen LogP contribution >= 0.6 is 0 Å². The second-order valence-corrected chi connectivity index (χ2v) is 45.4. The maximum Gasteiger partial charge on any atom is 0.397 e. The molecule has 0 aliphatic carbocycles. The Kier molecular flexibility index (Phi) is 41.6. The molecule has 1 aromatic heterocycles. The Labute approximate surface area is 806 Å². The molecule has 2 aromatic carbocycles. The largest absolute Gasteiger partial charge is 0.397 e. The number of hydrogen-bond acceptors (Lipinski definition) is 60. The summed E-state index contributed by atoms with van der Waals surface area (Å²) in [6, 6.07) is 12.7. The zero-order valence-electron chi connectivity index (χ0n) is 69.0. The second kappa shape index (κ2) is 48.1. The van der Waals surface area contributed by atoms with Crippen molar-refractivity contribution in [1.82, 2.24) is 15.0 Å². The van der Waals surface area contributed by atoms with E-state index in [1.807, 2.05) is 24.3 Å². The summed E-state index contributed by atoms with van der Waals surface area (Å²) in [5.41, 5.74) is 1.22. The molecule has 0 amide bonds. The van der Waals surface area contributed by atoms with Crippen LogP contribution in [-0.2, 0) is 287 Å². The van der Waals surface area contributed by atoms with E-state index >= 15 is 0 Å². The smallest absolute Gasteiger partial charge is 0.350 e. The van der Waals surface area contributed by atoms with Crippen LogP contribution in [0, 0.1) is 0 Å². The van der Waals surface area contributed by atoms with Crippen LogP contribution in [0.25, 0.3) is 22.0 Å². The first kappa shape index (κ1) is 124. The van der Waals surface area contributed by atoms with Crippen LogP contribution in [0.4, 0.5) is 0 Å². The van der Waals surface area contributed by atoms with Crippen molar-refractivity contribution < 1.29 is 322 Å². The van der Waals surface area contributed by atoms with E-state index in [2.05, 4.69) is 77.2 Å². The Morgan fingerprint density at radius 2 is 0.490 bits per heavy atom. The van der Waals surface area contributed by atoms with Crippen molar-refractivity contribution >= 4 is 177 Å². The van der Waals surface area contributed by atoms with E-state index in [0.29, 0.717) is 25.0 Å². The maximum absolute atomic E-state index is 13.5. The number of ether oxygens (including phenoxy) is 10. The molecule has 16 N–H and O–H groups in total. The van der Waals surface area contributed by atoms with Crippen LogP contribution in [0.5, 0.6) is 0 Å². The van der Waals surface area contributed by atoms with Crippen molar-refractivity contribution in [3.8, 4) is 11.3 Å². The molecule has 0 unspecified atom stereocenters. The van der Waals surface area contributed by atoms with Crippen LogP contribution < -0.4 is 0 Å². The average molecular weight is 2420 g/mol. The zero-order valence-corrected chi connectivity index (χ0v) is 82.0. The summed E-state index contributed by atoms with van der Waals surface area (Å²) in [7, 11) is -106. The topological polar surface area (TPSA) is 1140 Å². The van der Waals surface area contributed by atoms with Crippen molar-refractivity contribution in [2.75, 3.05) is 39.6 Å². The van der Waals surface area contributed by atoms with E-state index in [9.17, 15) is 208 Å². The molecule has 5 aliphatic rings. The Morgan fingerprint density at radius 3 is 0.790 bits per heavy atom. The van der Waals surface area contributed by atoms with Gasteiger partial charge < -0.3 is 47.4 Å². The summed E-state index contributed by atoms with van der Waals surface area (Å²) in [4.78, 5) is 0. The van der Waals surface area contributed by atoms with Crippen molar-refractivity contribution in [2.45, 2.75) is 199 Å². The molecule has 143 heavy (non-hydrogen) atoms. The zero-order chi connectivity index (χ0) is 108. The van der Waals surface area contributed by atoms with E-state index in [1.165, 1.54) is 4.68 Å². The monoisotopic (exact) mass is 2410 g/mol. The molecule has 0 saturated carbocycles. The highest BCUT2D eigenvalue weighted by atomic mass is 32.3. The van der Waals surface area contributed by atoms with Crippen LogP contribution in [0.1, 0.15) is 38.5 Å². The molecule has 830 valence electrons. The fourth-order valence-electron chi connectivity index (χ4n) is 13.6. The van der Waals surface area contributed by atoms with Crippen LogP contribution in [0.15, 0.2) is 48.7 Å². The Morgan fingerprint density at radius 1 is 0.252 bits per heavy atom. The number of unbranched alkanes of at least 4 members (excludes halogenated alkanes) is 5. The van der Waals surface area contributed by atoms with Crippen molar-refractivity contribution in [3.63, 3.8) is 0 Å². The van der Waals surface area contributed by atoms with E-state index < -0.39 is 360 Å². The minimum absolute atomic E-state index is 0.0233. The van der Waals surface area contributed by atoms with E-state index in [4.69, 9.17) is 47.4 Å². The lowest BCUT2D eigenvalue weighted by Crippen LogP contribution is -2.70. The Balaban J connectivity index is 1.35. The fourth-order valence-corrected chi connectivity index (χ4v) is 20.7. The number of aromatic nitrogens is 3. The van der Waals surface area contributed by atoms with Gasteiger partial charge in [0.05, 0.1) is 39.2 Å². The third-order valence-corrected chi connectivity index (χ3v) is 25.5. The molecule has 25 atom stereocenters. The number of nitrogens with zero attached hydrogens (tertiary/aromatic N) is 3. The Hall–Kier alpha value is -4.64. The third kappa shape index (κ3) is 42.8. The van der Waals surface area contributed by atoms with Crippen LogP contribution in [0.2, 0.25) is 0 Å². The molecule has 8 rings (SSSR count). The van der Waals surface area contributed by atoms with Gasteiger partial charge in [0, 0.05) is 18.7 Å². The fraction of sp³-hybridized carbons (Fsp3) is 0.760. The van der Waals surface area contributed by atoms with Gasteiger partial charge in [-0.3, -0.25) is 77.5 Å². The highest BCUT2D eigenvalue weighted by Gasteiger charge is 2.65. The summed E-state index contributed by atoms with van der Waals surface area (Å²) in [5, 5.41) is 10.1. The molecule has 93 heteroatoms. The quantitative estimate of drug-likeness (QED) is 0.0184. The van der Waals surface area contributed by atoms with Crippen LogP contribution in [0.3, 0.4) is 0 Å². The number of hydrogen-bond donors (Lipinski definition) is 16. The van der Waals surface area contributed by atoms with Gasteiger partial charge in [0.1, 0.15) is 103 Å². The summed E-state index contributed by atoms with van der Waals surface area (Å²) in [5.74, 6) is 0. The predicted octanol–water partition coefficient (Wildman–Crippen LogP) is -9.21.